The lowest BCUT2D eigenvalue weighted by Gasteiger charge is -2.29. The first kappa shape index (κ1) is 24.7. The van der Waals surface area contributed by atoms with Gasteiger partial charge in [-0.2, -0.15) is 4.72 Å². The zero-order valence-corrected chi connectivity index (χ0v) is 20.3. The Morgan fingerprint density at radius 3 is 2.23 bits per heavy atom. The number of phenols is 1. The summed E-state index contributed by atoms with van der Waals surface area (Å²) in [6.45, 7) is 4.84. The van der Waals surface area contributed by atoms with Gasteiger partial charge in [0.2, 0.25) is 15.9 Å². The summed E-state index contributed by atoms with van der Waals surface area (Å²) in [6.07, 6.45) is 0.114. The first-order chi connectivity index (χ1) is 16.8. The van der Waals surface area contributed by atoms with Crippen LogP contribution in [0.1, 0.15) is 11.1 Å². The standard InChI is InChI=1S/C26H29N3O5S/c1-19-2-12-24(13-3-19)35(32,33)28-25(18-20-4-10-23(30)11-5-20)26(31)27-21-6-8-22(9-7-21)29-14-16-34-17-15-29/h2-13,25,28,30H,14-18H2,1H3,(H,27,31). The molecule has 0 saturated carbocycles. The maximum atomic E-state index is 13.2. The second-order valence-corrected chi connectivity index (χ2v) is 10.2. The molecule has 8 nitrogen and oxygen atoms in total. The van der Waals surface area contributed by atoms with E-state index in [9.17, 15) is 18.3 Å². The van der Waals surface area contributed by atoms with Gasteiger partial charge in [0, 0.05) is 24.5 Å². The number of aryl methyl sites for hydroxylation is 1. The minimum Gasteiger partial charge on any atom is -0.508 e. The van der Waals surface area contributed by atoms with Gasteiger partial charge < -0.3 is 20.1 Å². The van der Waals surface area contributed by atoms with Gasteiger partial charge in [-0.05, 0) is 67.4 Å². The largest absolute Gasteiger partial charge is 0.508 e. The molecule has 0 bridgehead atoms. The maximum Gasteiger partial charge on any atom is 0.242 e. The molecule has 35 heavy (non-hydrogen) atoms. The number of benzene rings is 3. The topological polar surface area (TPSA) is 108 Å². The molecule has 3 aromatic rings. The van der Waals surface area contributed by atoms with Crippen molar-refractivity contribution in [3.8, 4) is 5.75 Å². The van der Waals surface area contributed by atoms with Crippen molar-refractivity contribution in [2.45, 2.75) is 24.3 Å². The average Bonchev–Trinajstić information content (AvgIpc) is 2.86. The van der Waals surface area contributed by atoms with Crippen molar-refractivity contribution in [2.75, 3.05) is 36.5 Å². The Bertz CT molecular complexity index is 1240. The number of hydrogen-bond donors (Lipinski definition) is 3. The van der Waals surface area contributed by atoms with Gasteiger partial charge in [-0.3, -0.25) is 4.79 Å². The lowest BCUT2D eigenvalue weighted by molar-refractivity contribution is -0.117. The van der Waals surface area contributed by atoms with Crippen LogP contribution in [0.25, 0.3) is 0 Å². The monoisotopic (exact) mass is 495 g/mol. The normalized spacial score (nSPS) is 14.9. The highest BCUT2D eigenvalue weighted by atomic mass is 32.2. The number of phenolic OH excluding ortho intramolecular Hbond substituents is 1. The van der Waals surface area contributed by atoms with E-state index in [1.54, 1.807) is 36.4 Å². The molecule has 1 heterocycles. The Hall–Kier alpha value is -3.40. The van der Waals surface area contributed by atoms with Gasteiger partial charge in [-0.25, -0.2) is 8.42 Å². The number of carbonyl (C=O) groups excluding carboxylic acids is 1. The molecule has 184 valence electrons. The minimum absolute atomic E-state index is 0.0847. The van der Waals surface area contributed by atoms with Crippen molar-refractivity contribution >= 4 is 27.3 Å². The smallest absolute Gasteiger partial charge is 0.242 e. The molecule has 1 unspecified atom stereocenters. The molecule has 1 saturated heterocycles. The van der Waals surface area contributed by atoms with Crippen molar-refractivity contribution < 1.29 is 23.1 Å². The third-order valence-corrected chi connectivity index (χ3v) is 7.32. The molecule has 1 amide bonds. The predicted octanol–water partition coefficient (Wildman–Crippen LogP) is 3.07. The summed E-state index contributed by atoms with van der Waals surface area (Å²) in [5, 5.41) is 12.4. The third-order valence-electron chi connectivity index (χ3n) is 5.83. The molecular weight excluding hydrogens is 466 g/mol. The molecule has 1 atom stereocenters. The van der Waals surface area contributed by atoms with Crippen LogP contribution in [0.15, 0.2) is 77.7 Å². The molecule has 3 aromatic carbocycles. The van der Waals surface area contributed by atoms with Gasteiger partial charge in [0.15, 0.2) is 0 Å². The first-order valence-electron chi connectivity index (χ1n) is 11.4. The fourth-order valence-electron chi connectivity index (χ4n) is 3.83. The summed E-state index contributed by atoms with van der Waals surface area (Å²) in [6, 6.07) is 19.1. The number of nitrogens with zero attached hydrogens (tertiary/aromatic N) is 1. The van der Waals surface area contributed by atoms with E-state index in [0.717, 1.165) is 24.3 Å². The van der Waals surface area contributed by atoms with Crippen molar-refractivity contribution in [2.24, 2.45) is 0 Å². The molecular formula is C26H29N3O5S. The summed E-state index contributed by atoms with van der Waals surface area (Å²) >= 11 is 0. The Balaban J connectivity index is 1.52. The summed E-state index contributed by atoms with van der Waals surface area (Å²) in [7, 11) is -3.94. The second kappa shape index (κ2) is 10.9. The summed E-state index contributed by atoms with van der Waals surface area (Å²) in [5.74, 6) is -0.386. The fraction of sp³-hybridized carbons (Fsp3) is 0.269. The molecule has 1 aliphatic rings. The van der Waals surface area contributed by atoms with Gasteiger partial charge in [0.1, 0.15) is 11.8 Å². The lowest BCUT2D eigenvalue weighted by atomic mass is 10.1. The number of carbonyl (C=O) groups is 1. The van der Waals surface area contributed by atoms with E-state index in [4.69, 9.17) is 4.74 Å². The average molecular weight is 496 g/mol. The number of aromatic hydroxyl groups is 1. The van der Waals surface area contributed by atoms with Crippen molar-refractivity contribution in [1.29, 1.82) is 0 Å². The number of ether oxygens (including phenoxy) is 1. The van der Waals surface area contributed by atoms with Crippen molar-refractivity contribution in [3.05, 3.63) is 83.9 Å². The molecule has 0 aromatic heterocycles. The van der Waals surface area contributed by atoms with Crippen LogP contribution in [0, 0.1) is 6.92 Å². The van der Waals surface area contributed by atoms with Gasteiger partial charge in [-0.15, -0.1) is 0 Å². The van der Waals surface area contributed by atoms with E-state index < -0.39 is 22.0 Å². The number of amides is 1. The zero-order valence-electron chi connectivity index (χ0n) is 19.5. The highest BCUT2D eigenvalue weighted by Crippen LogP contribution is 2.20. The highest BCUT2D eigenvalue weighted by Gasteiger charge is 2.26. The van der Waals surface area contributed by atoms with Crippen LogP contribution >= 0.6 is 0 Å². The van der Waals surface area contributed by atoms with E-state index in [-0.39, 0.29) is 17.1 Å². The Kier molecular flexibility index (Phi) is 7.70. The number of morpholine rings is 1. The van der Waals surface area contributed by atoms with Crippen LogP contribution in [0.4, 0.5) is 11.4 Å². The molecule has 1 fully saturated rings. The fourth-order valence-corrected chi connectivity index (χ4v) is 5.03. The van der Waals surface area contributed by atoms with E-state index >= 15 is 0 Å². The van der Waals surface area contributed by atoms with Crippen LogP contribution in [-0.4, -0.2) is 51.8 Å². The zero-order chi connectivity index (χ0) is 24.8. The summed E-state index contributed by atoms with van der Waals surface area (Å²) < 4.78 is 34.0. The minimum atomic E-state index is -3.94. The molecule has 0 radical (unpaired) electrons. The molecule has 0 spiro atoms. The molecule has 3 N–H and O–H groups in total. The van der Waals surface area contributed by atoms with Crippen LogP contribution in [0.2, 0.25) is 0 Å². The second-order valence-electron chi connectivity index (χ2n) is 8.49. The number of anilines is 2. The number of sulfonamides is 1. The van der Waals surface area contributed by atoms with Crippen LogP contribution in [0.5, 0.6) is 5.75 Å². The number of hydrogen-bond acceptors (Lipinski definition) is 6. The number of rotatable bonds is 8. The molecule has 9 heteroatoms. The van der Waals surface area contributed by atoms with Crippen LogP contribution < -0.4 is 14.9 Å². The Morgan fingerprint density at radius 2 is 1.60 bits per heavy atom. The molecule has 4 rings (SSSR count). The van der Waals surface area contributed by atoms with Gasteiger partial charge in [0.25, 0.3) is 0 Å². The van der Waals surface area contributed by atoms with Crippen LogP contribution in [-0.2, 0) is 26.0 Å². The van der Waals surface area contributed by atoms with Crippen molar-refractivity contribution in [1.82, 2.24) is 4.72 Å². The molecule has 0 aliphatic carbocycles. The Morgan fingerprint density at radius 1 is 0.971 bits per heavy atom. The van der Waals surface area contributed by atoms with E-state index in [2.05, 4.69) is 14.9 Å². The third kappa shape index (κ3) is 6.60. The predicted molar refractivity (Wildman–Crippen MR) is 135 cm³/mol. The lowest BCUT2D eigenvalue weighted by Crippen LogP contribution is -2.45. The van der Waals surface area contributed by atoms with E-state index in [1.165, 1.54) is 24.3 Å². The summed E-state index contributed by atoms with van der Waals surface area (Å²) in [4.78, 5) is 15.5. The maximum absolute atomic E-state index is 13.2. The van der Waals surface area contributed by atoms with Crippen LogP contribution in [0.3, 0.4) is 0 Å². The Labute approximate surface area is 205 Å². The molecule has 1 aliphatic heterocycles. The SMILES string of the molecule is Cc1ccc(S(=O)(=O)NC(Cc2ccc(O)cc2)C(=O)Nc2ccc(N3CCOCC3)cc2)cc1. The highest BCUT2D eigenvalue weighted by molar-refractivity contribution is 7.89. The van der Waals surface area contributed by atoms with E-state index in [1.807, 2.05) is 19.1 Å². The van der Waals surface area contributed by atoms with Crippen molar-refractivity contribution in [3.63, 3.8) is 0 Å². The quantitative estimate of drug-likeness (QED) is 0.443. The van der Waals surface area contributed by atoms with Gasteiger partial charge >= 0.3 is 0 Å². The number of nitrogens with one attached hydrogen (secondary N) is 2. The van der Waals surface area contributed by atoms with E-state index in [0.29, 0.717) is 24.5 Å². The van der Waals surface area contributed by atoms with Gasteiger partial charge in [0.05, 0.1) is 18.1 Å². The summed E-state index contributed by atoms with van der Waals surface area (Å²) in [5.41, 5.74) is 3.24. The van der Waals surface area contributed by atoms with Gasteiger partial charge in [-0.1, -0.05) is 29.8 Å². The first-order valence-corrected chi connectivity index (χ1v) is 12.9.